The number of allylic oxidation sites excluding steroid dienone is 6. The van der Waals surface area contributed by atoms with Gasteiger partial charge in [0.25, 0.3) is 0 Å². The van der Waals surface area contributed by atoms with E-state index in [9.17, 15) is 0 Å². The van der Waals surface area contributed by atoms with Crippen LogP contribution < -0.4 is 5.73 Å². The highest BCUT2D eigenvalue weighted by molar-refractivity contribution is 14.1. The smallest absolute Gasteiger partial charge is 0.0375 e. The van der Waals surface area contributed by atoms with Gasteiger partial charge in [-0.25, -0.2) is 0 Å². The summed E-state index contributed by atoms with van der Waals surface area (Å²) in [5.74, 6) is 0.622. The molecule has 1 aliphatic rings. The van der Waals surface area contributed by atoms with Crippen molar-refractivity contribution in [2.24, 2.45) is 11.7 Å². The molecule has 134 valence electrons. The molecular formula is C22H34IN. The van der Waals surface area contributed by atoms with Crippen LogP contribution in [-0.2, 0) is 0 Å². The normalized spacial score (nSPS) is 20.0. The van der Waals surface area contributed by atoms with Crippen molar-refractivity contribution < 1.29 is 0 Å². The molecule has 1 unspecified atom stereocenters. The lowest BCUT2D eigenvalue weighted by Gasteiger charge is -2.26. The quantitative estimate of drug-likeness (QED) is 0.217. The van der Waals surface area contributed by atoms with Crippen LogP contribution >= 0.6 is 22.6 Å². The van der Waals surface area contributed by atoms with Crippen LogP contribution in [0.25, 0.3) is 0 Å². The number of nitrogens with two attached hydrogens (primary N) is 1. The van der Waals surface area contributed by atoms with Gasteiger partial charge in [-0.15, -0.1) is 0 Å². The molecule has 0 fully saturated rings. The summed E-state index contributed by atoms with van der Waals surface area (Å²) in [6, 6.07) is 0. The first-order valence-corrected chi connectivity index (χ1v) is 10.7. The zero-order valence-electron chi connectivity index (χ0n) is 15.5. The van der Waals surface area contributed by atoms with Gasteiger partial charge in [0, 0.05) is 5.54 Å². The Labute approximate surface area is 163 Å². The standard InChI is InChI=1S/C22H34IN/c1-5-6-11-19(3)22(4,24)15-8-13-20-12-7-14-21(17-20)18(2)10-9-16-23/h6-7,11,14,17,20H,2-3,5,8-10,12-13,15-16,24H2,1,4H3/b11-6-/t20?,22-/m1/s1. The van der Waals surface area contributed by atoms with Crippen molar-refractivity contribution in [3.05, 3.63) is 60.3 Å². The molecular weight excluding hydrogens is 405 g/mol. The molecule has 0 aromatic rings. The summed E-state index contributed by atoms with van der Waals surface area (Å²) in [6.07, 6.45) is 19.0. The fraction of sp³-hybridized carbons (Fsp3) is 0.545. The summed E-state index contributed by atoms with van der Waals surface area (Å²) in [4.78, 5) is 0. The first-order valence-electron chi connectivity index (χ1n) is 9.18. The molecule has 1 aliphatic carbocycles. The monoisotopic (exact) mass is 439 g/mol. The molecule has 1 rings (SSSR count). The average molecular weight is 439 g/mol. The van der Waals surface area contributed by atoms with Gasteiger partial charge in [-0.2, -0.15) is 0 Å². The second-order valence-electron chi connectivity index (χ2n) is 7.06. The van der Waals surface area contributed by atoms with E-state index in [1.165, 1.54) is 28.4 Å². The molecule has 1 nitrogen and oxygen atoms in total. The first kappa shape index (κ1) is 21.4. The predicted molar refractivity (Wildman–Crippen MR) is 118 cm³/mol. The Morgan fingerprint density at radius 3 is 2.83 bits per heavy atom. The lowest BCUT2D eigenvalue weighted by molar-refractivity contribution is 0.450. The highest BCUT2D eigenvalue weighted by Gasteiger charge is 2.21. The van der Waals surface area contributed by atoms with Crippen LogP contribution in [0.1, 0.15) is 58.8 Å². The van der Waals surface area contributed by atoms with Gasteiger partial charge in [0.15, 0.2) is 0 Å². The van der Waals surface area contributed by atoms with Crippen molar-refractivity contribution in [3.8, 4) is 0 Å². The molecule has 2 heteroatoms. The van der Waals surface area contributed by atoms with Gasteiger partial charge in [0.2, 0.25) is 0 Å². The van der Waals surface area contributed by atoms with Gasteiger partial charge < -0.3 is 5.73 Å². The van der Waals surface area contributed by atoms with Gasteiger partial charge in [-0.1, -0.05) is 79.5 Å². The maximum Gasteiger partial charge on any atom is 0.0375 e. The molecule has 0 saturated carbocycles. The largest absolute Gasteiger partial charge is 0.322 e. The Balaban J connectivity index is 2.48. The van der Waals surface area contributed by atoms with Gasteiger partial charge >= 0.3 is 0 Å². The third-order valence-corrected chi connectivity index (χ3v) is 5.49. The Hall–Kier alpha value is -0.610. The highest BCUT2D eigenvalue weighted by atomic mass is 127. The van der Waals surface area contributed by atoms with Crippen LogP contribution in [-0.4, -0.2) is 9.97 Å². The maximum atomic E-state index is 6.45. The van der Waals surface area contributed by atoms with Crippen molar-refractivity contribution in [2.45, 2.75) is 64.3 Å². The minimum absolute atomic E-state index is 0.299. The van der Waals surface area contributed by atoms with Crippen molar-refractivity contribution in [2.75, 3.05) is 4.43 Å². The van der Waals surface area contributed by atoms with Crippen molar-refractivity contribution in [1.82, 2.24) is 0 Å². The van der Waals surface area contributed by atoms with E-state index < -0.39 is 0 Å². The van der Waals surface area contributed by atoms with Crippen LogP contribution in [0.2, 0.25) is 0 Å². The molecule has 24 heavy (non-hydrogen) atoms. The number of alkyl halides is 1. The van der Waals surface area contributed by atoms with Crippen LogP contribution in [0.4, 0.5) is 0 Å². The summed E-state index contributed by atoms with van der Waals surface area (Å²) in [7, 11) is 0. The zero-order valence-corrected chi connectivity index (χ0v) is 17.6. The van der Waals surface area contributed by atoms with E-state index in [-0.39, 0.29) is 5.54 Å². The SMILES string of the molecule is C=C(CCCI)C1=CC(CCC[C@@](C)(N)C(=C)/C=C\CC)CC=C1. The average Bonchev–Trinajstić information content (AvgIpc) is 2.57. The molecule has 0 spiro atoms. The van der Waals surface area contributed by atoms with E-state index in [1.54, 1.807) is 0 Å². The van der Waals surface area contributed by atoms with Crippen LogP contribution in [0.5, 0.6) is 0 Å². The molecule has 0 aromatic carbocycles. The zero-order chi connectivity index (χ0) is 18.0. The third-order valence-electron chi connectivity index (χ3n) is 4.73. The molecule has 0 radical (unpaired) electrons. The molecule has 2 N–H and O–H groups in total. The maximum absolute atomic E-state index is 6.45. The van der Waals surface area contributed by atoms with E-state index in [2.05, 4.69) is 80.0 Å². The summed E-state index contributed by atoms with van der Waals surface area (Å²) in [6.45, 7) is 12.6. The van der Waals surface area contributed by atoms with Gasteiger partial charge in [0.1, 0.15) is 0 Å². The van der Waals surface area contributed by atoms with E-state index >= 15 is 0 Å². The van der Waals surface area contributed by atoms with Gasteiger partial charge in [-0.05, 0) is 72.5 Å². The third kappa shape index (κ3) is 7.52. The molecule has 0 bridgehead atoms. The Bertz CT molecular complexity index is 508. The number of hydrogen-bond donors (Lipinski definition) is 1. The number of halogens is 1. The van der Waals surface area contributed by atoms with E-state index in [0.29, 0.717) is 5.92 Å². The molecule has 0 heterocycles. The molecule has 0 amide bonds. The molecule has 0 saturated heterocycles. The fourth-order valence-corrected chi connectivity index (χ4v) is 3.33. The van der Waals surface area contributed by atoms with Crippen molar-refractivity contribution >= 4 is 22.6 Å². The Morgan fingerprint density at radius 2 is 2.17 bits per heavy atom. The highest BCUT2D eigenvalue weighted by Crippen LogP contribution is 2.29. The Kier molecular flexibility index (Phi) is 9.91. The van der Waals surface area contributed by atoms with Gasteiger partial charge in [0.05, 0.1) is 0 Å². The fourth-order valence-electron chi connectivity index (χ4n) is 2.95. The second-order valence-corrected chi connectivity index (χ2v) is 8.14. The molecule has 2 atom stereocenters. The first-order chi connectivity index (χ1) is 11.4. The van der Waals surface area contributed by atoms with Crippen molar-refractivity contribution in [1.29, 1.82) is 0 Å². The molecule has 0 aromatic heterocycles. The van der Waals surface area contributed by atoms with E-state index in [0.717, 1.165) is 37.7 Å². The summed E-state index contributed by atoms with van der Waals surface area (Å²) in [5.41, 5.74) is 9.83. The van der Waals surface area contributed by atoms with Gasteiger partial charge in [-0.3, -0.25) is 0 Å². The molecule has 0 aliphatic heterocycles. The second kappa shape index (κ2) is 11.1. The van der Waals surface area contributed by atoms with E-state index in [1.807, 2.05) is 0 Å². The van der Waals surface area contributed by atoms with Crippen LogP contribution in [0.15, 0.2) is 60.3 Å². The van der Waals surface area contributed by atoms with E-state index in [4.69, 9.17) is 5.73 Å². The lowest BCUT2D eigenvalue weighted by Crippen LogP contribution is -2.37. The summed E-state index contributed by atoms with van der Waals surface area (Å²) >= 11 is 2.43. The Morgan fingerprint density at radius 1 is 1.42 bits per heavy atom. The number of rotatable bonds is 11. The minimum atomic E-state index is -0.299. The summed E-state index contributed by atoms with van der Waals surface area (Å²) < 4.78 is 1.20. The topological polar surface area (TPSA) is 26.0 Å². The minimum Gasteiger partial charge on any atom is -0.322 e. The van der Waals surface area contributed by atoms with Crippen LogP contribution in [0.3, 0.4) is 0 Å². The van der Waals surface area contributed by atoms with Crippen molar-refractivity contribution in [3.63, 3.8) is 0 Å². The predicted octanol–water partition coefficient (Wildman–Crippen LogP) is 6.67. The lowest BCUT2D eigenvalue weighted by atomic mass is 9.84. The summed E-state index contributed by atoms with van der Waals surface area (Å²) in [5, 5.41) is 0. The number of hydrogen-bond acceptors (Lipinski definition) is 1. The van der Waals surface area contributed by atoms with Crippen LogP contribution in [0, 0.1) is 5.92 Å².